The number of azo groups is 1. The molecule has 0 radical (unpaired) electrons. The predicted octanol–water partition coefficient (Wildman–Crippen LogP) is 5.28. The second-order valence-electron chi connectivity index (χ2n) is 6.58. The van der Waals surface area contributed by atoms with Gasteiger partial charge in [0.1, 0.15) is 5.75 Å². The van der Waals surface area contributed by atoms with Crippen LogP contribution in [0.1, 0.15) is 11.1 Å². The van der Waals surface area contributed by atoms with Gasteiger partial charge in [-0.2, -0.15) is 15.3 Å². The summed E-state index contributed by atoms with van der Waals surface area (Å²) < 4.78 is 11.3. The molecule has 9 heteroatoms. The van der Waals surface area contributed by atoms with Crippen LogP contribution in [0.25, 0.3) is 0 Å². The minimum absolute atomic E-state index is 0.00398. The molecule has 32 heavy (non-hydrogen) atoms. The Morgan fingerprint density at radius 2 is 1.75 bits per heavy atom. The highest BCUT2D eigenvalue weighted by atomic mass is 79.9. The molecule has 0 fully saturated rings. The number of phenolic OH excluding ortho intramolecular Hbond substituents is 1. The molecular weight excluding hydrogens is 476 g/mol. The van der Waals surface area contributed by atoms with Crippen LogP contribution in [0.5, 0.6) is 17.2 Å². The van der Waals surface area contributed by atoms with Crippen molar-refractivity contribution in [1.29, 1.82) is 0 Å². The number of nitrogens with zero attached hydrogens (tertiary/aromatic N) is 3. The molecule has 0 saturated heterocycles. The topological polar surface area (TPSA) is 105 Å². The Hall–Kier alpha value is -3.72. The van der Waals surface area contributed by atoms with Crippen molar-refractivity contribution in [3.8, 4) is 17.2 Å². The molecular formula is C23H21BrN4O4. The highest BCUT2D eigenvalue weighted by Crippen LogP contribution is 2.28. The molecule has 0 heterocycles. The van der Waals surface area contributed by atoms with Gasteiger partial charge in [-0.15, -0.1) is 0 Å². The van der Waals surface area contributed by atoms with Gasteiger partial charge in [-0.05, 0) is 54.1 Å². The van der Waals surface area contributed by atoms with Crippen molar-refractivity contribution in [2.75, 3.05) is 14.2 Å². The van der Waals surface area contributed by atoms with E-state index in [1.54, 1.807) is 37.4 Å². The minimum atomic E-state index is -0.321. The molecule has 0 unspecified atom stereocenters. The standard InChI is InChI=1S/C23H21BrN4O4/c1-31-21-9-6-15(10-22(21)32-2)11-23(30)28-25-14-16-12-19(7-8-20(16)29)27-26-18-5-3-4-17(24)13-18/h3-10,12-14,29H,11H2,1-2H3,(H,28,30). The normalized spacial score (nSPS) is 11.1. The SMILES string of the molecule is COc1ccc(CC(=O)NN=Cc2cc(N=Nc3cccc(Br)c3)ccc2O)cc1OC. The molecule has 0 aliphatic heterocycles. The maximum atomic E-state index is 12.2. The summed E-state index contributed by atoms with van der Waals surface area (Å²) in [5.41, 5.74) is 4.79. The second kappa shape index (κ2) is 11.1. The summed E-state index contributed by atoms with van der Waals surface area (Å²) in [5, 5.41) is 22.3. The molecule has 0 aliphatic carbocycles. The molecule has 1 amide bonds. The van der Waals surface area contributed by atoms with E-state index in [4.69, 9.17) is 9.47 Å². The molecule has 0 spiro atoms. The fourth-order valence-electron chi connectivity index (χ4n) is 2.75. The number of phenols is 1. The number of benzene rings is 3. The molecule has 164 valence electrons. The molecule has 0 bridgehead atoms. The van der Waals surface area contributed by atoms with Gasteiger partial charge in [-0.1, -0.05) is 28.1 Å². The maximum Gasteiger partial charge on any atom is 0.244 e. The Kier molecular flexibility index (Phi) is 7.93. The third-order valence-electron chi connectivity index (χ3n) is 4.31. The number of amides is 1. The molecule has 0 atom stereocenters. The lowest BCUT2D eigenvalue weighted by Crippen LogP contribution is -2.19. The first kappa shape index (κ1) is 23.0. The van der Waals surface area contributed by atoms with Crippen LogP contribution in [-0.4, -0.2) is 31.4 Å². The number of rotatable bonds is 8. The first-order chi connectivity index (χ1) is 15.5. The van der Waals surface area contributed by atoms with Crippen LogP contribution in [0, 0.1) is 0 Å². The summed E-state index contributed by atoms with van der Waals surface area (Å²) in [6.07, 6.45) is 1.45. The van der Waals surface area contributed by atoms with E-state index in [0.717, 1.165) is 10.0 Å². The van der Waals surface area contributed by atoms with Gasteiger partial charge in [-0.3, -0.25) is 4.79 Å². The van der Waals surface area contributed by atoms with Crippen LogP contribution in [0.2, 0.25) is 0 Å². The number of hydrazone groups is 1. The van der Waals surface area contributed by atoms with Gasteiger partial charge in [0.2, 0.25) is 5.91 Å². The molecule has 2 N–H and O–H groups in total. The number of aromatic hydroxyl groups is 1. The Labute approximate surface area is 193 Å². The van der Waals surface area contributed by atoms with E-state index in [9.17, 15) is 9.90 Å². The average Bonchev–Trinajstić information content (AvgIpc) is 2.79. The molecule has 0 aliphatic rings. The molecule has 3 rings (SSSR count). The van der Waals surface area contributed by atoms with Crippen LogP contribution in [-0.2, 0) is 11.2 Å². The average molecular weight is 497 g/mol. The van der Waals surface area contributed by atoms with Gasteiger partial charge in [0, 0.05) is 10.0 Å². The lowest BCUT2D eigenvalue weighted by molar-refractivity contribution is -0.120. The van der Waals surface area contributed by atoms with Gasteiger partial charge in [0.15, 0.2) is 11.5 Å². The largest absolute Gasteiger partial charge is 0.507 e. The fourth-order valence-corrected chi connectivity index (χ4v) is 3.14. The summed E-state index contributed by atoms with van der Waals surface area (Å²) >= 11 is 3.39. The molecule has 0 saturated carbocycles. The quantitative estimate of drug-likeness (QED) is 0.251. The van der Waals surface area contributed by atoms with Crippen molar-refractivity contribution in [2.24, 2.45) is 15.3 Å². The maximum absolute atomic E-state index is 12.2. The Morgan fingerprint density at radius 1 is 1.00 bits per heavy atom. The van der Waals surface area contributed by atoms with Crippen LogP contribution < -0.4 is 14.9 Å². The summed E-state index contributed by atoms with van der Waals surface area (Å²) in [7, 11) is 3.08. The van der Waals surface area contributed by atoms with Gasteiger partial charge in [0.05, 0.1) is 38.2 Å². The van der Waals surface area contributed by atoms with Crippen LogP contribution in [0.15, 0.2) is 80.5 Å². The Balaban J connectivity index is 1.63. The first-order valence-electron chi connectivity index (χ1n) is 9.51. The van der Waals surface area contributed by atoms with Gasteiger partial charge < -0.3 is 14.6 Å². The van der Waals surface area contributed by atoms with E-state index in [-0.39, 0.29) is 18.1 Å². The van der Waals surface area contributed by atoms with Crippen LogP contribution >= 0.6 is 15.9 Å². The second-order valence-corrected chi connectivity index (χ2v) is 7.50. The number of carbonyl (C=O) groups excluding carboxylic acids is 1. The van der Waals surface area contributed by atoms with E-state index in [1.165, 1.54) is 19.4 Å². The monoisotopic (exact) mass is 496 g/mol. The molecule has 3 aromatic carbocycles. The number of hydrogen-bond donors (Lipinski definition) is 2. The number of hydrogen-bond acceptors (Lipinski definition) is 7. The van der Waals surface area contributed by atoms with Crippen molar-refractivity contribution in [2.45, 2.75) is 6.42 Å². The fraction of sp³-hybridized carbons (Fsp3) is 0.130. The highest BCUT2D eigenvalue weighted by Gasteiger charge is 2.08. The molecule has 0 aromatic heterocycles. The Morgan fingerprint density at radius 3 is 2.47 bits per heavy atom. The van der Waals surface area contributed by atoms with Gasteiger partial charge in [-0.25, -0.2) is 5.43 Å². The number of carbonyl (C=O) groups is 1. The zero-order valence-corrected chi connectivity index (χ0v) is 19.0. The van der Waals surface area contributed by atoms with E-state index in [0.29, 0.717) is 28.4 Å². The number of nitrogens with one attached hydrogen (secondary N) is 1. The van der Waals surface area contributed by atoms with Crippen LogP contribution in [0.4, 0.5) is 11.4 Å². The smallest absolute Gasteiger partial charge is 0.244 e. The molecule has 3 aromatic rings. The number of ether oxygens (including phenoxy) is 2. The summed E-state index contributed by atoms with van der Waals surface area (Å²) in [6, 6.07) is 17.4. The highest BCUT2D eigenvalue weighted by molar-refractivity contribution is 9.10. The zero-order chi connectivity index (χ0) is 22.9. The number of halogens is 1. The predicted molar refractivity (Wildman–Crippen MR) is 125 cm³/mol. The summed E-state index contributed by atoms with van der Waals surface area (Å²) in [6.45, 7) is 0. The third-order valence-corrected chi connectivity index (χ3v) is 4.80. The first-order valence-corrected chi connectivity index (χ1v) is 10.3. The van der Waals surface area contributed by atoms with Gasteiger partial charge in [0.25, 0.3) is 0 Å². The Bertz CT molecular complexity index is 1160. The van der Waals surface area contributed by atoms with Gasteiger partial charge >= 0.3 is 0 Å². The van der Waals surface area contributed by atoms with E-state index in [2.05, 4.69) is 36.7 Å². The lowest BCUT2D eigenvalue weighted by Gasteiger charge is -2.09. The third kappa shape index (κ3) is 6.39. The van der Waals surface area contributed by atoms with E-state index >= 15 is 0 Å². The van der Waals surface area contributed by atoms with Crippen LogP contribution in [0.3, 0.4) is 0 Å². The summed E-state index contributed by atoms with van der Waals surface area (Å²) in [4.78, 5) is 12.2. The lowest BCUT2D eigenvalue weighted by atomic mass is 10.1. The van der Waals surface area contributed by atoms with Crippen molar-refractivity contribution >= 4 is 39.4 Å². The molecule has 8 nitrogen and oxygen atoms in total. The van der Waals surface area contributed by atoms with Crippen molar-refractivity contribution in [3.05, 3.63) is 76.3 Å². The van der Waals surface area contributed by atoms with E-state index in [1.807, 2.05) is 24.3 Å². The van der Waals surface area contributed by atoms with Crippen molar-refractivity contribution < 1.29 is 19.4 Å². The van der Waals surface area contributed by atoms with Crippen molar-refractivity contribution in [3.63, 3.8) is 0 Å². The summed E-state index contributed by atoms with van der Waals surface area (Å²) in [5.74, 6) is 0.810. The number of methoxy groups -OCH3 is 2. The van der Waals surface area contributed by atoms with Crippen molar-refractivity contribution in [1.82, 2.24) is 5.43 Å². The zero-order valence-electron chi connectivity index (χ0n) is 17.4. The minimum Gasteiger partial charge on any atom is -0.507 e. The van der Waals surface area contributed by atoms with E-state index < -0.39 is 0 Å².